The molecule has 0 spiro atoms. The van der Waals surface area contributed by atoms with E-state index in [0.29, 0.717) is 0 Å². The van der Waals surface area contributed by atoms with Crippen LogP contribution in [0.4, 0.5) is 0 Å². The molecule has 0 bridgehead atoms. The Hall–Kier alpha value is -8.46. The molecule has 1 aliphatic carbocycles. The minimum atomic E-state index is 1.16. The van der Waals surface area contributed by atoms with E-state index >= 15 is 0 Å². The van der Waals surface area contributed by atoms with Gasteiger partial charge in [0.05, 0.1) is 27.8 Å². The summed E-state index contributed by atoms with van der Waals surface area (Å²) in [6, 6.07) is 85.3. The molecule has 2 nitrogen and oxygen atoms in total. The second kappa shape index (κ2) is 13.5. The molecule has 64 heavy (non-hydrogen) atoms. The van der Waals surface area contributed by atoms with E-state index in [2.05, 4.69) is 240 Å². The zero-order chi connectivity index (χ0) is 41.9. The predicted molar refractivity (Wildman–Crippen MR) is 271 cm³/mol. The molecule has 11 aromatic carbocycles. The van der Waals surface area contributed by atoms with E-state index < -0.39 is 0 Å². The summed E-state index contributed by atoms with van der Waals surface area (Å²) in [6.07, 6.45) is 0. The van der Waals surface area contributed by atoms with Crippen molar-refractivity contribution in [2.24, 2.45) is 0 Å². The lowest BCUT2D eigenvalue weighted by Crippen LogP contribution is -1.98. The van der Waals surface area contributed by atoms with Crippen molar-refractivity contribution in [3.63, 3.8) is 0 Å². The third-order valence-corrected chi connectivity index (χ3v) is 13.9. The highest BCUT2D eigenvalue weighted by atomic mass is 15.0. The topological polar surface area (TPSA) is 9.86 Å². The van der Waals surface area contributed by atoms with Gasteiger partial charge >= 0.3 is 0 Å². The van der Waals surface area contributed by atoms with Crippen LogP contribution in [0.15, 0.2) is 231 Å². The molecule has 0 fully saturated rings. The number of hydrogen-bond acceptors (Lipinski definition) is 0. The van der Waals surface area contributed by atoms with Crippen LogP contribution in [0.5, 0.6) is 0 Å². The minimum absolute atomic E-state index is 1.16. The zero-order valence-corrected chi connectivity index (χ0v) is 34.8. The van der Waals surface area contributed by atoms with Gasteiger partial charge in [-0.3, -0.25) is 0 Å². The molecule has 0 atom stereocenters. The summed E-state index contributed by atoms with van der Waals surface area (Å²) in [6.45, 7) is 0. The van der Waals surface area contributed by atoms with Gasteiger partial charge in [0.15, 0.2) is 0 Å². The second-order valence-corrected chi connectivity index (χ2v) is 17.2. The monoisotopic (exact) mass is 810 g/mol. The van der Waals surface area contributed by atoms with Gasteiger partial charge in [0.1, 0.15) is 0 Å². The van der Waals surface area contributed by atoms with Crippen LogP contribution < -0.4 is 0 Å². The zero-order valence-electron chi connectivity index (χ0n) is 34.8. The predicted octanol–water partition coefficient (Wildman–Crippen LogP) is 16.8. The van der Waals surface area contributed by atoms with Gasteiger partial charge in [0.2, 0.25) is 0 Å². The molecule has 2 aromatic heterocycles. The van der Waals surface area contributed by atoms with E-state index in [0.717, 1.165) is 5.69 Å². The van der Waals surface area contributed by atoms with E-state index in [-0.39, 0.29) is 0 Å². The third kappa shape index (κ3) is 5.02. The lowest BCUT2D eigenvalue weighted by atomic mass is 9.92. The molecule has 13 aromatic rings. The third-order valence-electron chi connectivity index (χ3n) is 13.9. The van der Waals surface area contributed by atoms with Crippen LogP contribution in [0.1, 0.15) is 0 Å². The Kier molecular flexibility index (Phi) is 7.43. The molecule has 0 amide bonds. The fourth-order valence-corrected chi connectivity index (χ4v) is 11.0. The maximum atomic E-state index is 2.54. The molecular formula is C62H38N2. The van der Waals surface area contributed by atoms with E-state index in [9.17, 15) is 0 Å². The standard InChI is InChI=1S/C62H38N2/c1-2-17-44(18-3-1)63-58-27-11-9-23-50(58)56-37-40(30-35-59(56)63)41-29-31-51-55-32-28-39-14-4-5-20-47(39)62(55)64(60(51)38-41)57-26-10-8-19-46(57)43-16-12-15-42(36-43)45-33-34-54-49-22-7-6-21-48(49)53-25-13-24-52(45)61(53)54/h1-38H. The molecule has 2 heteroatoms. The molecule has 296 valence electrons. The van der Waals surface area contributed by atoms with Crippen LogP contribution >= 0.6 is 0 Å². The van der Waals surface area contributed by atoms with Gasteiger partial charge < -0.3 is 9.13 Å². The van der Waals surface area contributed by atoms with E-state index in [1.165, 1.54) is 126 Å². The summed E-state index contributed by atoms with van der Waals surface area (Å²) < 4.78 is 4.92. The first-order valence-electron chi connectivity index (χ1n) is 22.2. The Morgan fingerprint density at radius 3 is 1.72 bits per heavy atom. The van der Waals surface area contributed by atoms with Gasteiger partial charge in [0.25, 0.3) is 0 Å². The highest BCUT2D eigenvalue weighted by Gasteiger charge is 2.23. The Morgan fingerprint density at radius 1 is 0.250 bits per heavy atom. The van der Waals surface area contributed by atoms with E-state index in [4.69, 9.17) is 0 Å². The first-order valence-corrected chi connectivity index (χ1v) is 22.2. The summed E-state index contributed by atoms with van der Waals surface area (Å²) in [5, 5.41) is 10.1. The lowest BCUT2D eigenvalue weighted by molar-refractivity contribution is 1.18. The van der Waals surface area contributed by atoms with Crippen LogP contribution in [0.2, 0.25) is 0 Å². The average Bonchev–Trinajstić information content (AvgIpc) is 4.00. The molecular weight excluding hydrogens is 773 g/mol. The summed E-state index contributed by atoms with van der Waals surface area (Å²) in [7, 11) is 0. The molecule has 0 radical (unpaired) electrons. The summed E-state index contributed by atoms with van der Waals surface area (Å²) >= 11 is 0. The van der Waals surface area contributed by atoms with Crippen molar-refractivity contribution in [2.75, 3.05) is 0 Å². The molecule has 0 N–H and O–H groups in total. The summed E-state index contributed by atoms with van der Waals surface area (Å²) in [5.74, 6) is 0. The average molecular weight is 811 g/mol. The maximum Gasteiger partial charge on any atom is 0.0619 e. The summed E-state index contributed by atoms with van der Waals surface area (Å²) in [4.78, 5) is 0. The first-order chi connectivity index (χ1) is 31.8. The first kappa shape index (κ1) is 35.2. The lowest BCUT2D eigenvalue weighted by Gasteiger charge is -2.16. The van der Waals surface area contributed by atoms with Crippen LogP contribution in [0.25, 0.3) is 132 Å². The van der Waals surface area contributed by atoms with Gasteiger partial charge in [-0.05, 0) is 115 Å². The fourth-order valence-electron chi connectivity index (χ4n) is 11.0. The number of benzene rings is 11. The number of rotatable bonds is 5. The quantitative estimate of drug-likeness (QED) is 0.164. The van der Waals surface area contributed by atoms with Crippen molar-refractivity contribution in [3.8, 4) is 67.0 Å². The Balaban J connectivity index is 0.972. The van der Waals surface area contributed by atoms with E-state index in [1.807, 2.05) is 0 Å². The smallest absolute Gasteiger partial charge is 0.0619 e. The normalized spacial score (nSPS) is 12.1. The van der Waals surface area contributed by atoms with Crippen molar-refractivity contribution < 1.29 is 0 Å². The second-order valence-electron chi connectivity index (χ2n) is 17.2. The Bertz CT molecular complexity index is 4040. The molecule has 0 unspecified atom stereocenters. The van der Waals surface area contributed by atoms with Crippen LogP contribution in [-0.4, -0.2) is 9.13 Å². The van der Waals surface area contributed by atoms with Crippen molar-refractivity contribution in [3.05, 3.63) is 231 Å². The van der Waals surface area contributed by atoms with Gasteiger partial charge in [0, 0.05) is 38.2 Å². The van der Waals surface area contributed by atoms with Gasteiger partial charge in [-0.2, -0.15) is 0 Å². The van der Waals surface area contributed by atoms with Crippen molar-refractivity contribution >= 4 is 65.2 Å². The van der Waals surface area contributed by atoms with E-state index in [1.54, 1.807) is 0 Å². The maximum absolute atomic E-state index is 2.54. The largest absolute Gasteiger partial charge is 0.309 e. The molecule has 2 heterocycles. The molecule has 0 saturated heterocycles. The van der Waals surface area contributed by atoms with Crippen molar-refractivity contribution in [2.45, 2.75) is 0 Å². The van der Waals surface area contributed by atoms with Crippen LogP contribution in [-0.2, 0) is 0 Å². The van der Waals surface area contributed by atoms with Gasteiger partial charge in [-0.25, -0.2) is 0 Å². The number of hydrogen-bond donors (Lipinski definition) is 0. The van der Waals surface area contributed by atoms with Gasteiger partial charge in [-0.15, -0.1) is 0 Å². The van der Waals surface area contributed by atoms with Crippen LogP contribution in [0.3, 0.4) is 0 Å². The molecule has 14 rings (SSSR count). The van der Waals surface area contributed by atoms with Crippen molar-refractivity contribution in [1.29, 1.82) is 0 Å². The highest BCUT2D eigenvalue weighted by Crippen LogP contribution is 2.50. The molecule has 0 aliphatic heterocycles. The van der Waals surface area contributed by atoms with Crippen LogP contribution in [0, 0.1) is 0 Å². The number of nitrogens with zero attached hydrogens (tertiary/aromatic N) is 2. The molecule has 0 saturated carbocycles. The Morgan fingerprint density at radius 2 is 0.844 bits per heavy atom. The summed E-state index contributed by atoms with van der Waals surface area (Å²) in [5.41, 5.74) is 19.7. The fraction of sp³-hybridized carbons (Fsp3) is 0. The number of aromatic nitrogens is 2. The van der Waals surface area contributed by atoms with Crippen molar-refractivity contribution in [1.82, 2.24) is 9.13 Å². The Labute approximate surface area is 370 Å². The highest BCUT2D eigenvalue weighted by molar-refractivity contribution is 6.21. The van der Waals surface area contributed by atoms with Gasteiger partial charge in [-0.1, -0.05) is 182 Å². The number of fused-ring (bicyclic) bond motifs is 11. The number of para-hydroxylation sites is 3. The minimum Gasteiger partial charge on any atom is -0.309 e. The molecule has 1 aliphatic rings. The SMILES string of the molecule is c1ccc(-n2c3ccccc3c3cc(-c4ccc5c6ccc7ccccc7c6n(-c6ccccc6-c6cccc(-c7ccc8c9c(cccc79)-c7ccccc7-8)c6)c5c4)ccc32)cc1.